The molecule has 0 bridgehead atoms. The van der Waals surface area contributed by atoms with Crippen LogP contribution >= 0.6 is 11.6 Å². The summed E-state index contributed by atoms with van der Waals surface area (Å²) in [7, 11) is 4.01. The van der Waals surface area contributed by atoms with Gasteiger partial charge in [-0.25, -0.2) is 0 Å². The van der Waals surface area contributed by atoms with E-state index in [4.69, 9.17) is 11.6 Å². The maximum absolute atomic E-state index is 10.7. The summed E-state index contributed by atoms with van der Waals surface area (Å²) >= 11 is 6.42. The summed E-state index contributed by atoms with van der Waals surface area (Å²) in [5.41, 5.74) is 1.59. The van der Waals surface area contributed by atoms with Crippen LogP contribution in [0.2, 0.25) is 5.02 Å². The normalized spacial score (nSPS) is 16.4. The summed E-state index contributed by atoms with van der Waals surface area (Å²) in [6.45, 7) is 9.04. The maximum atomic E-state index is 10.7. The number of likely N-dealkylation sites (N-methyl/N-ethyl adjacent to an activating group) is 1. The zero-order valence-corrected chi connectivity index (χ0v) is 14.3. The number of aromatic nitrogens is 2. The Morgan fingerprint density at radius 1 is 1.35 bits per heavy atom. The van der Waals surface area contributed by atoms with Gasteiger partial charge in [-0.3, -0.25) is 4.68 Å². The van der Waals surface area contributed by atoms with Crippen LogP contribution in [0.1, 0.15) is 45.5 Å². The fraction of sp³-hybridized carbons (Fsp3) is 0.800. The standard InChI is InChI=1S/C15H28ClN3O/c1-7-11-14(16)12(19(9-3)17-11)10-13(20)15(4,8-2)18(5)6/h13,20H,7-10H2,1-6H3. The van der Waals surface area contributed by atoms with Crippen LogP contribution in [-0.4, -0.2) is 45.5 Å². The molecule has 0 saturated heterocycles. The predicted molar refractivity (Wildman–Crippen MR) is 84.4 cm³/mol. The molecule has 1 heterocycles. The minimum absolute atomic E-state index is 0.265. The third-order valence-electron chi connectivity index (χ3n) is 4.54. The van der Waals surface area contributed by atoms with E-state index in [9.17, 15) is 5.11 Å². The first-order valence-electron chi connectivity index (χ1n) is 7.41. The molecule has 2 atom stereocenters. The Bertz CT molecular complexity index is 445. The average Bonchev–Trinajstić information content (AvgIpc) is 2.73. The first kappa shape index (κ1) is 17.5. The minimum Gasteiger partial charge on any atom is -0.391 e. The van der Waals surface area contributed by atoms with E-state index in [1.807, 2.05) is 32.6 Å². The molecule has 0 aliphatic rings. The Morgan fingerprint density at radius 3 is 2.35 bits per heavy atom. The molecule has 0 radical (unpaired) electrons. The zero-order valence-electron chi connectivity index (χ0n) is 13.6. The summed E-state index contributed by atoms with van der Waals surface area (Å²) in [6, 6.07) is 0. The lowest BCUT2D eigenvalue weighted by Crippen LogP contribution is -2.51. The lowest BCUT2D eigenvalue weighted by Gasteiger charge is -2.40. The summed E-state index contributed by atoms with van der Waals surface area (Å²) in [6.07, 6.45) is 1.74. The molecule has 1 aromatic heterocycles. The monoisotopic (exact) mass is 301 g/mol. The van der Waals surface area contributed by atoms with E-state index >= 15 is 0 Å². The number of aryl methyl sites for hydroxylation is 2. The van der Waals surface area contributed by atoms with Gasteiger partial charge >= 0.3 is 0 Å². The number of hydrogen-bond acceptors (Lipinski definition) is 3. The fourth-order valence-electron chi connectivity index (χ4n) is 2.47. The molecule has 0 saturated carbocycles. The van der Waals surface area contributed by atoms with Gasteiger partial charge in [0.15, 0.2) is 0 Å². The summed E-state index contributed by atoms with van der Waals surface area (Å²) in [4.78, 5) is 2.08. The highest BCUT2D eigenvalue weighted by Crippen LogP contribution is 2.28. The quantitative estimate of drug-likeness (QED) is 0.842. The summed E-state index contributed by atoms with van der Waals surface area (Å²) in [5, 5.41) is 15.9. The van der Waals surface area contributed by atoms with Crippen molar-refractivity contribution in [3.8, 4) is 0 Å². The van der Waals surface area contributed by atoms with Crippen LogP contribution in [0.25, 0.3) is 0 Å². The first-order chi connectivity index (χ1) is 9.31. The second-order valence-electron chi connectivity index (χ2n) is 5.70. The Hall–Kier alpha value is -0.580. The summed E-state index contributed by atoms with van der Waals surface area (Å²) in [5.74, 6) is 0. The predicted octanol–water partition coefficient (Wildman–Crippen LogP) is 2.75. The number of halogens is 1. The van der Waals surface area contributed by atoms with Gasteiger partial charge in [0.2, 0.25) is 0 Å². The molecule has 1 rings (SSSR count). The molecule has 0 fully saturated rings. The van der Waals surface area contributed by atoms with Crippen molar-refractivity contribution in [3.05, 3.63) is 16.4 Å². The molecule has 0 aromatic carbocycles. The van der Waals surface area contributed by atoms with Crippen LogP contribution in [0, 0.1) is 0 Å². The van der Waals surface area contributed by atoms with Gasteiger partial charge in [0.25, 0.3) is 0 Å². The van der Waals surface area contributed by atoms with Gasteiger partial charge in [0.05, 0.1) is 22.5 Å². The largest absolute Gasteiger partial charge is 0.391 e. The van der Waals surface area contributed by atoms with Gasteiger partial charge in [-0.05, 0) is 40.8 Å². The molecule has 116 valence electrons. The molecular formula is C15H28ClN3O. The summed E-state index contributed by atoms with van der Waals surface area (Å²) < 4.78 is 1.91. The number of nitrogens with zero attached hydrogens (tertiary/aromatic N) is 3. The van der Waals surface area contributed by atoms with Crippen molar-refractivity contribution in [2.45, 2.75) is 65.1 Å². The second kappa shape index (κ2) is 6.92. The molecule has 0 spiro atoms. The topological polar surface area (TPSA) is 41.3 Å². The van der Waals surface area contributed by atoms with E-state index in [1.165, 1.54) is 0 Å². The van der Waals surface area contributed by atoms with Crippen LogP contribution in [0.3, 0.4) is 0 Å². The van der Waals surface area contributed by atoms with Crippen molar-refractivity contribution in [2.75, 3.05) is 14.1 Å². The van der Waals surface area contributed by atoms with Gasteiger partial charge in [-0.15, -0.1) is 0 Å². The number of aliphatic hydroxyl groups excluding tert-OH is 1. The Balaban J connectivity index is 3.06. The highest BCUT2D eigenvalue weighted by atomic mass is 35.5. The lowest BCUT2D eigenvalue weighted by molar-refractivity contribution is 0.00192. The molecule has 0 amide bonds. The number of hydrogen-bond donors (Lipinski definition) is 1. The van der Waals surface area contributed by atoms with E-state index in [0.29, 0.717) is 11.4 Å². The molecule has 1 aromatic rings. The Kier molecular flexibility index (Phi) is 6.05. The van der Waals surface area contributed by atoms with Gasteiger partial charge in [0.1, 0.15) is 0 Å². The van der Waals surface area contributed by atoms with Crippen molar-refractivity contribution < 1.29 is 5.11 Å². The highest BCUT2D eigenvalue weighted by molar-refractivity contribution is 6.31. The van der Waals surface area contributed by atoms with E-state index in [1.54, 1.807) is 0 Å². The number of aliphatic hydroxyl groups is 1. The van der Waals surface area contributed by atoms with E-state index in [2.05, 4.69) is 23.8 Å². The SMILES string of the molecule is CCc1nn(CC)c(CC(O)C(C)(CC)N(C)C)c1Cl. The van der Waals surface area contributed by atoms with Crippen LogP contribution < -0.4 is 0 Å². The Labute approximate surface area is 127 Å². The van der Waals surface area contributed by atoms with Crippen molar-refractivity contribution >= 4 is 11.6 Å². The minimum atomic E-state index is -0.480. The number of rotatable bonds is 7. The molecule has 1 N–H and O–H groups in total. The van der Waals surface area contributed by atoms with E-state index < -0.39 is 6.10 Å². The molecular weight excluding hydrogens is 274 g/mol. The van der Waals surface area contributed by atoms with Gasteiger partial charge in [-0.1, -0.05) is 25.4 Å². The van der Waals surface area contributed by atoms with Crippen LogP contribution in [0.15, 0.2) is 0 Å². The van der Waals surface area contributed by atoms with E-state index in [-0.39, 0.29) is 5.54 Å². The first-order valence-corrected chi connectivity index (χ1v) is 7.79. The Morgan fingerprint density at radius 2 is 1.95 bits per heavy atom. The fourth-order valence-corrected chi connectivity index (χ4v) is 2.81. The smallest absolute Gasteiger partial charge is 0.0850 e. The van der Waals surface area contributed by atoms with Crippen molar-refractivity contribution in [3.63, 3.8) is 0 Å². The lowest BCUT2D eigenvalue weighted by atomic mass is 9.87. The molecule has 0 aliphatic carbocycles. The van der Waals surface area contributed by atoms with Crippen molar-refractivity contribution in [1.82, 2.24) is 14.7 Å². The van der Waals surface area contributed by atoms with Gasteiger partial charge in [0, 0.05) is 18.5 Å². The van der Waals surface area contributed by atoms with Gasteiger partial charge < -0.3 is 10.0 Å². The molecule has 5 heteroatoms. The van der Waals surface area contributed by atoms with Crippen LogP contribution in [0.4, 0.5) is 0 Å². The maximum Gasteiger partial charge on any atom is 0.0850 e. The third-order valence-corrected chi connectivity index (χ3v) is 4.97. The van der Waals surface area contributed by atoms with Gasteiger partial charge in [-0.2, -0.15) is 5.10 Å². The van der Waals surface area contributed by atoms with E-state index in [0.717, 1.165) is 30.8 Å². The zero-order chi connectivity index (χ0) is 15.5. The molecule has 0 aliphatic heterocycles. The molecule has 4 nitrogen and oxygen atoms in total. The third kappa shape index (κ3) is 3.18. The highest BCUT2D eigenvalue weighted by Gasteiger charge is 2.34. The molecule has 2 unspecified atom stereocenters. The van der Waals surface area contributed by atoms with Crippen molar-refractivity contribution in [2.24, 2.45) is 0 Å². The van der Waals surface area contributed by atoms with Crippen LogP contribution in [0.5, 0.6) is 0 Å². The molecule has 20 heavy (non-hydrogen) atoms. The average molecular weight is 302 g/mol. The van der Waals surface area contributed by atoms with Crippen molar-refractivity contribution in [1.29, 1.82) is 0 Å². The second-order valence-corrected chi connectivity index (χ2v) is 6.08. The van der Waals surface area contributed by atoms with Crippen LogP contribution in [-0.2, 0) is 19.4 Å².